The Balaban J connectivity index is 0.00000385. The van der Waals surface area contributed by atoms with Gasteiger partial charge in [0.15, 0.2) is 5.96 Å². The molecule has 1 fully saturated rings. The van der Waals surface area contributed by atoms with Gasteiger partial charge in [-0.1, -0.05) is 26.0 Å². The van der Waals surface area contributed by atoms with E-state index in [1.54, 1.807) is 7.05 Å². The Morgan fingerprint density at radius 3 is 2.82 bits per heavy atom. The second kappa shape index (κ2) is 12.9. The molecule has 2 heterocycles. The Hall–Kier alpha value is -2.14. The summed E-state index contributed by atoms with van der Waals surface area (Å²) in [6, 6.07) is 7.68. The number of hydrogen-bond acceptors (Lipinski definition) is 4. The minimum atomic E-state index is -0.0679. The summed E-state index contributed by atoms with van der Waals surface area (Å²) in [5, 5.41) is 11.0. The summed E-state index contributed by atoms with van der Waals surface area (Å²) < 4.78 is 7.44. The van der Waals surface area contributed by atoms with Gasteiger partial charge in [-0.15, -0.1) is 24.0 Å². The van der Waals surface area contributed by atoms with Crippen LogP contribution in [-0.4, -0.2) is 59.9 Å². The number of aryl methyl sites for hydroxylation is 1. The van der Waals surface area contributed by atoms with Crippen LogP contribution in [0.25, 0.3) is 0 Å². The molecule has 1 atom stereocenters. The number of guanidine groups is 1. The first-order valence-corrected chi connectivity index (χ1v) is 11.3. The summed E-state index contributed by atoms with van der Waals surface area (Å²) >= 11 is 0. The lowest BCUT2D eigenvalue weighted by molar-refractivity contribution is 0.0857. The van der Waals surface area contributed by atoms with Crippen molar-refractivity contribution in [3.05, 3.63) is 52.8 Å². The molecule has 1 aromatic carbocycles. The van der Waals surface area contributed by atoms with E-state index in [4.69, 9.17) is 4.74 Å². The lowest BCUT2D eigenvalue weighted by atomic mass is 10.1. The smallest absolute Gasteiger partial charge is 0.251 e. The van der Waals surface area contributed by atoms with Crippen molar-refractivity contribution in [3.8, 4) is 0 Å². The molecular weight excluding hydrogens is 531 g/mol. The molecule has 3 rings (SSSR count). The maximum absolute atomic E-state index is 12.5. The van der Waals surface area contributed by atoms with E-state index in [9.17, 15) is 4.79 Å². The zero-order valence-corrected chi connectivity index (χ0v) is 22.6. The first-order valence-electron chi connectivity index (χ1n) is 11.3. The number of nitrogens with zero attached hydrogens (tertiary/aromatic N) is 4. The van der Waals surface area contributed by atoms with E-state index in [-0.39, 0.29) is 36.0 Å². The zero-order chi connectivity index (χ0) is 23.1. The molecule has 1 amide bonds. The maximum atomic E-state index is 12.5. The number of hydrogen-bond donors (Lipinski definition) is 2. The van der Waals surface area contributed by atoms with Crippen molar-refractivity contribution in [1.82, 2.24) is 25.3 Å². The number of benzene rings is 1. The summed E-state index contributed by atoms with van der Waals surface area (Å²) in [7, 11) is 5.74. The average Bonchev–Trinajstić information content (AvgIpc) is 3.42. The number of nitrogens with one attached hydrogen (secondary N) is 2. The van der Waals surface area contributed by atoms with Crippen molar-refractivity contribution >= 4 is 35.8 Å². The standard InChI is InChI=1S/C24H36N6O2.HI/c1-17(2)22-20(16-30(5)28-22)15-29(4)24(25-3)27-13-18-8-6-9-19(12-18)23(31)26-14-21-10-7-11-32-21;/h6,8-9,12,16-17,21H,7,10-11,13-15H2,1-5H3,(H,25,27)(H,26,31);1H. The second-order valence-corrected chi connectivity index (χ2v) is 8.67. The third-order valence-electron chi connectivity index (χ3n) is 5.62. The van der Waals surface area contributed by atoms with Crippen molar-refractivity contribution in [3.63, 3.8) is 0 Å². The summed E-state index contributed by atoms with van der Waals surface area (Å²) in [6.07, 6.45) is 4.28. The van der Waals surface area contributed by atoms with Crippen molar-refractivity contribution in [2.75, 3.05) is 27.2 Å². The van der Waals surface area contributed by atoms with Gasteiger partial charge in [-0.25, -0.2) is 0 Å². The van der Waals surface area contributed by atoms with Gasteiger partial charge in [0.05, 0.1) is 11.8 Å². The van der Waals surface area contributed by atoms with Gasteiger partial charge in [0.2, 0.25) is 0 Å². The average molecular weight is 569 g/mol. The molecule has 0 bridgehead atoms. The molecule has 0 saturated carbocycles. The van der Waals surface area contributed by atoms with Crippen LogP contribution in [0.1, 0.15) is 59.8 Å². The topological polar surface area (TPSA) is 83.8 Å². The monoisotopic (exact) mass is 568 g/mol. The fourth-order valence-corrected chi connectivity index (χ4v) is 4.00. The van der Waals surface area contributed by atoms with E-state index >= 15 is 0 Å². The SMILES string of the molecule is CN=C(NCc1cccc(C(=O)NCC2CCCO2)c1)N(C)Cc1cn(C)nc1C(C)C.I. The Kier molecular flexibility index (Phi) is 10.6. The Morgan fingerprint density at radius 2 is 2.15 bits per heavy atom. The molecule has 1 unspecified atom stereocenters. The minimum absolute atomic E-state index is 0. The van der Waals surface area contributed by atoms with Gasteiger partial charge in [0.1, 0.15) is 0 Å². The molecule has 1 aliphatic heterocycles. The molecule has 8 nitrogen and oxygen atoms in total. The van der Waals surface area contributed by atoms with E-state index in [0.717, 1.165) is 36.7 Å². The fraction of sp³-hybridized carbons (Fsp3) is 0.542. The fourth-order valence-electron chi connectivity index (χ4n) is 4.00. The van der Waals surface area contributed by atoms with Gasteiger partial charge in [0, 0.05) is 64.7 Å². The number of rotatable bonds is 8. The largest absolute Gasteiger partial charge is 0.376 e. The third kappa shape index (κ3) is 7.70. The highest BCUT2D eigenvalue weighted by Gasteiger charge is 2.17. The van der Waals surface area contributed by atoms with E-state index < -0.39 is 0 Å². The third-order valence-corrected chi connectivity index (χ3v) is 5.62. The molecule has 0 radical (unpaired) electrons. The van der Waals surface area contributed by atoms with E-state index in [1.807, 2.05) is 43.0 Å². The number of ether oxygens (including phenoxy) is 1. The van der Waals surface area contributed by atoms with Gasteiger partial charge >= 0.3 is 0 Å². The van der Waals surface area contributed by atoms with Crippen LogP contribution >= 0.6 is 24.0 Å². The number of aliphatic imine (C=N–C) groups is 1. The zero-order valence-electron chi connectivity index (χ0n) is 20.3. The van der Waals surface area contributed by atoms with Crippen LogP contribution in [0.5, 0.6) is 0 Å². The number of carbonyl (C=O) groups is 1. The molecule has 1 aliphatic rings. The molecule has 9 heteroatoms. The molecule has 1 aromatic heterocycles. The molecule has 182 valence electrons. The first-order chi connectivity index (χ1) is 15.4. The van der Waals surface area contributed by atoms with Crippen LogP contribution in [0.4, 0.5) is 0 Å². The van der Waals surface area contributed by atoms with Crippen LogP contribution in [-0.2, 0) is 24.9 Å². The van der Waals surface area contributed by atoms with Crippen molar-refractivity contribution in [2.45, 2.75) is 51.8 Å². The van der Waals surface area contributed by atoms with Crippen LogP contribution in [0.15, 0.2) is 35.5 Å². The van der Waals surface area contributed by atoms with Crippen LogP contribution in [0.3, 0.4) is 0 Å². The van der Waals surface area contributed by atoms with E-state index in [2.05, 4.69) is 45.7 Å². The highest BCUT2D eigenvalue weighted by Crippen LogP contribution is 2.18. The Labute approximate surface area is 214 Å². The van der Waals surface area contributed by atoms with Crippen LogP contribution in [0, 0.1) is 0 Å². The molecule has 2 N–H and O–H groups in total. The maximum Gasteiger partial charge on any atom is 0.251 e. The van der Waals surface area contributed by atoms with Crippen LogP contribution < -0.4 is 10.6 Å². The predicted molar refractivity (Wildman–Crippen MR) is 142 cm³/mol. The number of amides is 1. The van der Waals surface area contributed by atoms with Crippen molar-refractivity contribution in [2.24, 2.45) is 12.0 Å². The van der Waals surface area contributed by atoms with Gasteiger partial charge < -0.3 is 20.3 Å². The quantitative estimate of drug-likeness (QED) is 0.290. The number of halogens is 1. The van der Waals surface area contributed by atoms with Crippen molar-refractivity contribution < 1.29 is 9.53 Å². The normalized spacial score (nSPS) is 15.9. The summed E-state index contributed by atoms with van der Waals surface area (Å²) in [6.45, 7) is 6.95. The molecule has 1 saturated heterocycles. The lowest BCUT2D eigenvalue weighted by Crippen LogP contribution is -2.38. The summed E-state index contributed by atoms with van der Waals surface area (Å²) in [4.78, 5) is 19.0. The van der Waals surface area contributed by atoms with E-state index in [1.165, 1.54) is 5.56 Å². The first kappa shape index (κ1) is 27.1. The van der Waals surface area contributed by atoms with Crippen molar-refractivity contribution in [1.29, 1.82) is 0 Å². The lowest BCUT2D eigenvalue weighted by Gasteiger charge is -2.22. The van der Waals surface area contributed by atoms with Gasteiger partial charge in [-0.3, -0.25) is 14.5 Å². The number of aromatic nitrogens is 2. The molecular formula is C24H37IN6O2. The van der Waals surface area contributed by atoms with Gasteiger partial charge in [0.25, 0.3) is 5.91 Å². The number of carbonyl (C=O) groups excluding carboxylic acids is 1. The predicted octanol–water partition coefficient (Wildman–Crippen LogP) is 3.28. The van der Waals surface area contributed by atoms with Gasteiger partial charge in [-0.2, -0.15) is 5.10 Å². The summed E-state index contributed by atoms with van der Waals surface area (Å²) in [5.41, 5.74) is 3.98. The second-order valence-electron chi connectivity index (χ2n) is 8.67. The molecule has 0 spiro atoms. The van der Waals surface area contributed by atoms with Crippen LogP contribution in [0.2, 0.25) is 0 Å². The molecule has 2 aromatic rings. The van der Waals surface area contributed by atoms with E-state index in [0.29, 0.717) is 31.1 Å². The highest BCUT2D eigenvalue weighted by molar-refractivity contribution is 14.0. The molecule has 0 aliphatic carbocycles. The Bertz CT molecular complexity index is 937. The summed E-state index contributed by atoms with van der Waals surface area (Å²) in [5.74, 6) is 1.09. The molecule has 33 heavy (non-hydrogen) atoms. The Morgan fingerprint density at radius 1 is 1.36 bits per heavy atom. The van der Waals surface area contributed by atoms with Gasteiger partial charge in [-0.05, 0) is 36.5 Å². The highest BCUT2D eigenvalue weighted by atomic mass is 127. The minimum Gasteiger partial charge on any atom is -0.376 e.